The molecule has 5 heteroatoms. The Bertz CT molecular complexity index is 771. The lowest BCUT2D eigenvalue weighted by Gasteiger charge is -2.15. The standard InChI is InChI=1S/C22H27NO4/c1-5-17-11-8-12-18(6-2)21(17)23-19(24)13-26-20(25)14-27-22-15(3)9-7-10-16(22)4/h7-12H,5-6,13-14H2,1-4H3,(H,23,24). The molecule has 0 spiro atoms. The van der Waals surface area contributed by atoms with E-state index in [2.05, 4.69) is 5.32 Å². The number of anilines is 1. The predicted octanol–water partition coefficient (Wildman–Crippen LogP) is 3.99. The topological polar surface area (TPSA) is 64.6 Å². The van der Waals surface area contributed by atoms with Crippen LogP contribution in [0.15, 0.2) is 36.4 Å². The van der Waals surface area contributed by atoms with E-state index in [1.54, 1.807) is 0 Å². The SMILES string of the molecule is CCc1cccc(CC)c1NC(=O)COC(=O)COc1c(C)cccc1C. The fourth-order valence-corrected chi connectivity index (χ4v) is 2.92. The number of hydrogen-bond acceptors (Lipinski definition) is 4. The highest BCUT2D eigenvalue weighted by Gasteiger charge is 2.13. The van der Waals surface area contributed by atoms with E-state index < -0.39 is 5.97 Å². The smallest absolute Gasteiger partial charge is 0.344 e. The number of ether oxygens (including phenoxy) is 2. The van der Waals surface area contributed by atoms with E-state index in [1.807, 2.05) is 64.1 Å². The molecule has 5 nitrogen and oxygen atoms in total. The van der Waals surface area contributed by atoms with Crippen molar-refractivity contribution >= 4 is 17.6 Å². The molecule has 0 saturated heterocycles. The van der Waals surface area contributed by atoms with Crippen LogP contribution in [0.4, 0.5) is 5.69 Å². The van der Waals surface area contributed by atoms with E-state index in [1.165, 1.54) is 0 Å². The zero-order valence-electron chi connectivity index (χ0n) is 16.4. The molecule has 27 heavy (non-hydrogen) atoms. The van der Waals surface area contributed by atoms with Gasteiger partial charge in [-0.05, 0) is 48.9 Å². The van der Waals surface area contributed by atoms with Gasteiger partial charge in [0.1, 0.15) is 5.75 Å². The normalized spacial score (nSPS) is 10.4. The summed E-state index contributed by atoms with van der Waals surface area (Å²) in [5.74, 6) is -0.262. The fraction of sp³-hybridized carbons (Fsp3) is 0.364. The fourth-order valence-electron chi connectivity index (χ4n) is 2.92. The minimum Gasteiger partial charge on any atom is -0.481 e. The summed E-state index contributed by atoms with van der Waals surface area (Å²) in [6, 6.07) is 11.7. The number of benzene rings is 2. The van der Waals surface area contributed by atoms with Crippen molar-refractivity contribution in [1.29, 1.82) is 0 Å². The van der Waals surface area contributed by atoms with Crippen molar-refractivity contribution in [3.63, 3.8) is 0 Å². The first-order valence-corrected chi connectivity index (χ1v) is 9.21. The summed E-state index contributed by atoms with van der Waals surface area (Å²) < 4.78 is 10.6. The Morgan fingerprint density at radius 2 is 1.44 bits per heavy atom. The maximum Gasteiger partial charge on any atom is 0.344 e. The van der Waals surface area contributed by atoms with Gasteiger partial charge in [-0.1, -0.05) is 50.2 Å². The van der Waals surface area contributed by atoms with Crippen LogP contribution in [0.1, 0.15) is 36.1 Å². The summed E-state index contributed by atoms with van der Waals surface area (Å²) in [6.45, 7) is 7.33. The van der Waals surface area contributed by atoms with Gasteiger partial charge >= 0.3 is 5.97 Å². The van der Waals surface area contributed by atoms with E-state index in [-0.39, 0.29) is 19.1 Å². The molecule has 0 bridgehead atoms. The van der Waals surface area contributed by atoms with Crippen LogP contribution < -0.4 is 10.1 Å². The molecule has 2 aromatic rings. The quantitative estimate of drug-likeness (QED) is 0.715. The Hall–Kier alpha value is -2.82. The van der Waals surface area contributed by atoms with Gasteiger partial charge in [0.15, 0.2) is 13.2 Å². The molecule has 0 aliphatic heterocycles. The van der Waals surface area contributed by atoms with Crippen LogP contribution in [-0.4, -0.2) is 25.1 Å². The summed E-state index contributed by atoms with van der Waals surface area (Å²) in [5, 5.41) is 2.87. The average Bonchev–Trinajstić information content (AvgIpc) is 2.66. The maximum absolute atomic E-state index is 12.2. The number of hydrogen-bond donors (Lipinski definition) is 1. The van der Waals surface area contributed by atoms with Crippen LogP contribution in [0.3, 0.4) is 0 Å². The number of aryl methyl sites for hydroxylation is 4. The van der Waals surface area contributed by atoms with Gasteiger partial charge in [0.25, 0.3) is 5.91 Å². The van der Waals surface area contributed by atoms with Gasteiger partial charge in [-0.3, -0.25) is 4.79 Å². The summed E-state index contributed by atoms with van der Waals surface area (Å²) in [4.78, 5) is 24.1. The second kappa shape index (κ2) is 9.76. The lowest BCUT2D eigenvalue weighted by atomic mass is 10.0. The van der Waals surface area contributed by atoms with Gasteiger partial charge < -0.3 is 14.8 Å². The van der Waals surface area contributed by atoms with Crippen LogP contribution in [-0.2, 0) is 27.2 Å². The summed E-state index contributed by atoms with van der Waals surface area (Å²) in [6.07, 6.45) is 1.62. The van der Waals surface area contributed by atoms with Gasteiger partial charge in [0.05, 0.1) is 0 Å². The highest BCUT2D eigenvalue weighted by molar-refractivity contribution is 5.94. The highest BCUT2D eigenvalue weighted by atomic mass is 16.6. The second-order valence-corrected chi connectivity index (χ2v) is 6.38. The number of amides is 1. The molecule has 1 N–H and O–H groups in total. The van der Waals surface area contributed by atoms with Crippen molar-refractivity contribution in [1.82, 2.24) is 0 Å². The Morgan fingerprint density at radius 3 is 2.00 bits per heavy atom. The van der Waals surface area contributed by atoms with Gasteiger partial charge in [-0.25, -0.2) is 4.79 Å². The van der Waals surface area contributed by atoms with Gasteiger partial charge in [0, 0.05) is 5.69 Å². The molecular weight excluding hydrogens is 342 g/mol. The number of rotatable bonds is 8. The molecule has 2 aromatic carbocycles. The molecule has 0 heterocycles. The van der Waals surface area contributed by atoms with Crippen LogP contribution in [0.25, 0.3) is 0 Å². The van der Waals surface area contributed by atoms with Crippen LogP contribution in [0.2, 0.25) is 0 Å². The van der Waals surface area contributed by atoms with Crippen LogP contribution in [0.5, 0.6) is 5.75 Å². The van der Waals surface area contributed by atoms with Crippen LogP contribution in [0, 0.1) is 13.8 Å². The Balaban J connectivity index is 1.88. The molecule has 0 fully saturated rings. The lowest BCUT2D eigenvalue weighted by Crippen LogP contribution is -2.24. The van der Waals surface area contributed by atoms with Crippen LogP contribution >= 0.6 is 0 Å². The van der Waals surface area contributed by atoms with Crippen molar-refractivity contribution in [2.75, 3.05) is 18.5 Å². The highest BCUT2D eigenvalue weighted by Crippen LogP contribution is 2.23. The molecule has 0 unspecified atom stereocenters. The molecule has 0 aliphatic carbocycles. The average molecular weight is 369 g/mol. The molecular formula is C22H27NO4. The van der Waals surface area contributed by atoms with E-state index in [4.69, 9.17) is 9.47 Å². The first-order chi connectivity index (χ1) is 13.0. The summed E-state index contributed by atoms with van der Waals surface area (Å²) in [7, 11) is 0. The van der Waals surface area contributed by atoms with E-state index in [9.17, 15) is 9.59 Å². The zero-order valence-corrected chi connectivity index (χ0v) is 16.4. The zero-order chi connectivity index (χ0) is 19.8. The molecule has 144 valence electrons. The number of nitrogens with one attached hydrogen (secondary N) is 1. The molecule has 0 saturated carbocycles. The molecule has 0 aromatic heterocycles. The first kappa shape index (κ1) is 20.5. The van der Waals surface area contributed by atoms with E-state index >= 15 is 0 Å². The molecule has 0 radical (unpaired) electrons. The third-order valence-electron chi connectivity index (χ3n) is 4.37. The molecule has 0 aliphatic rings. The molecule has 2 rings (SSSR count). The predicted molar refractivity (Wildman–Crippen MR) is 106 cm³/mol. The Morgan fingerprint density at radius 1 is 0.889 bits per heavy atom. The van der Waals surface area contributed by atoms with Gasteiger partial charge in [-0.2, -0.15) is 0 Å². The van der Waals surface area contributed by atoms with Crippen molar-refractivity contribution in [2.24, 2.45) is 0 Å². The molecule has 1 amide bonds. The van der Waals surface area contributed by atoms with Crippen molar-refractivity contribution < 1.29 is 19.1 Å². The van der Waals surface area contributed by atoms with E-state index in [0.717, 1.165) is 40.8 Å². The third kappa shape index (κ3) is 5.58. The van der Waals surface area contributed by atoms with E-state index in [0.29, 0.717) is 5.75 Å². The third-order valence-corrected chi connectivity index (χ3v) is 4.37. The van der Waals surface area contributed by atoms with Crippen molar-refractivity contribution in [3.05, 3.63) is 58.7 Å². The first-order valence-electron chi connectivity index (χ1n) is 9.21. The number of carbonyl (C=O) groups excluding carboxylic acids is 2. The number of para-hydroxylation sites is 2. The monoisotopic (exact) mass is 369 g/mol. The lowest BCUT2D eigenvalue weighted by molar-refractivity contribution is -0.149. The van der Waals surface area contributed by atoms with Crippen molar-refractivity contribution in [2.45, 2.75) is 40.5 Å². The largest absolute Gasteiger partial charge is 0.481 e. The van der Waals surface area contributed by atoms with Gasteiger partial charge in [0.2, 0.25) is 0 Å². The van der Waals surface area contributed by atoms with Crippen molar-refractivity contribution in [3.8, 4) is 5.75 Å². The number of esters is 1. The Labute approximate surface area is 160 Å². The summed E-state index contributed by atoms with van der Waals surface area (Å²) in [5.41, 5.74) is 4.84. The minimum atomic E-state index is -0.577. The maximum atomic E-state index is 12.2. The Kier molecular flexibility index (Phi) is 7.41. The minimum absolute atomic E-state index is 0.231. The number of carbonyl (C=O) groups is 2. The van der Waals surface area contributed by atoms with Gasteiger partial charge in [-0.15, -0.1) is 0 Å². The second-order valence-electron chi connectivity index (χ2n) is 6.38. The molecule has 0 atom stereocenters. The summed E-state index contributed by atoms with van der Waals surface area (Å²) >= 11 is 0.